The number of hydrogen-bond acceptors (Lipinski definition) is 17. The maximum atomic E-state index is 13.0. The number of methoxy groups -OCH3 is 5. The molecule has 3 fully saturated rings. The Kier molecular flexibility index (Phi) is 31.8. The fourth-order valence-corrected chi connectivity index (χ4v) is 14.2. The Morgan fingerprint density at radius 1 is 0.500 bits per heavy atom. The lowest BCUT2D eigenvalue weighted by Crippen LogP contribution is -2.42. The van der Waals surface area contributed by atoms with Gasteiger partial charge < -0.3 is 58.3 Å². The monoisotopic (exact) mass is 1570 g/mol. The average molecular weight is 1570 g/mol. The van der Waals surface area contributed by atoms with E-state index >= 15 is 0 Å². The number of carbonyl (C=O) groups excluding carboxylic acids is 5. The van der Waals surface area contributed by atoms with E-state index in [4.69, 9.17) is 33.2 Å². The highest BCUT2D eigenvalue weighted by Crippen LogP contribution is 2.43. The van der Waals surface area contributed by atoms with Gasteiger partial charge in [-0.3, -0.25) is 14.6 Å². The molecular formula is C82H113IN6O13Si2. The molecule has 3 saturated heterocycles. The highest BCUT2D eigenvalue weighted by atomic mass is 127. The van der Waals surface area contributed by atoms with Crippen molar-refractivity contribution in [3.05, 3.63) is 181 Å². The number of benzene rings is 6. The molecule has 6 aromatic carbocycles. The van der Waals surface area contributed by atoms with Gasteiger partial charge in [0, 0.05) is 116 Å². The predicted molar refractivity (Wildman–Crippen MR) is 439 cm³/mol. The van der Waals surface area contributed by atoms with Crippen LogP contribution in [0, 0.1) is 0 Å². The third-order valence-electron chi connectivity index (χ3n) is 19.2. The molecule has 3 heterocycles. The smallest absolute Gasteiger partial charge is 0.410 e. The molecule has 2 N–H and O–H groups in total. The molecule has 0 radical (unpaired) electrons. The van der Waals surface area contributed by atoms with Crippen LogP contribution in [0.5, 0.6) is 0 Å². The van der Waals surface area contributed by atoms with Crippen LogP contribution < -0.4 is 20.0 Å². The van der Waals surface area contributed by atoms with Crippen LogP contribution >= 0.6 is 22.6 Å². The number of amides is 2. The number of halogens is 1. The van der Waals surface area contributed by atoms with Gasteiger partial charge >= 0.3 is 30.1 Å². The van der Waals surface area contributed by atoms with Crippen LogP contribution in [0.15, 0.2) is 147 Å². The molecule has 0 saturated carbocycles. The van der Waals surface area contributed by atoms with Crippen molar-refractivity contribution in [1.82, 2.24) is 15.1 Å². The first-order valence-corrected chi connectivity index (χ1v) is 44.0. The van der Waals surface area contributed by atoms with Crippen LogP contribution in [0.25, 0.3) is 51.6 Å². The van der Waals surface area contributed by atoms with Gasteiger partial charge in [-0.1, -0.05) is 198 Å². The number of likely N-dealkylation sites (tertiary alicyclic amines) is 2. The number of nitrogens with zero attached hydrogens (tertiary/aromatic N) is 5. The zero-order chi connectivity index (χ0) is 76.4. The van der Waals surface area contributed by atoms with Crippen molar-refractivity contribution in [1.29, 1.82) is 0 Å². The number of hydrogen-bond donors (Lipinski definition) is 2. The predicted octanol–water partition coefficient (Wildman–Crippen LogP) is 15.7. The van der Waals surface area contributed by atoms with Gasteiger partial charge in [0.2, 0.25) is 0 Å². The number of nitrogens with one attached hydrogen (secondary N) is 1. The second-order valence-electron chi connectivity index (χ2n) is 29.0. The van der Waals surface area contributed by atoms with Crippen molar-refractivity contribution in [3.63, 3.8) is 0 Å². The molecule has 0 aromatic heterocycles. The second kappa shape index (κ2) is 38.2. The number of anilines is 3. The maximum Gasteiger partial charge on any atom is 0.410 e. The minimum absolute atomic E-state index is 0. The van der Waals surface area contributed by atoms with Crippen molar-refractivity contribution >= 4 is 104 Å². The molecule has 0 bridgehead atoms. The maximum absolute atomic E-state index is 13.0. The molecule has 104 heavy (non-hydrogen) atoms. The topological polar surface area (TPSA) is 198 Å². The van der Waals surface area contributed by atoms with E-state index in [1.54, 1.807) is 14.2 Å². The van der Waals surface area contributed by atoms with Gasteiger partial charge in [-0.15, -0.1) is 0 Å². The van der Waals surface area contributed by atoms with Crippen molar-refractivity contribution in [2.24, 2.45) is 0 Å². The Labute approximate surface area is 634 Å². The molecule has 2 amide bonds. The minimum atomic E-state index is -1.40. The summed E-state index contributed by atoms with van der Waals surface area (Å²) < 4.78 is 37.7. The van der Waals surface area contributed by atoms with Gasteiger partial charge in [0.1, 0.15) is 34.9 Å². The molecule has 19 nitrogen and oxygen atoms in total. The first-order valence-electron chi connectivity index (χ1n) is 34.5. The number of carbonyl (C=O) groups is 5. The third-order valence-corrected chi connectivity index (χ3v) is 22.6. The molecular weight excluding hydrogens is 1460 g/mol. The summed E-state index contributed by atoms with van der Waals surface area (Å²) in [6.45, 7) is 26.5. The van der Waals surface area contributed by atoms with Gasteiger partial charge in [-0.05, 0) is 120 Å². The number of esters is 3. The molecule has 0 unspecified atom stereocenters. The Morgan fingerprint density at radius 2 is 0.837 bits per heavy atom. The van der Waals surface area contributed by atoms with Crippen LogP contribution in [0.1, 0.15) is 60.1 Å². The summed E-state index contributed by atoms with van der Waals surface area (Å²) in [5.74, 6) is -1.30. The Morgan fingerprint density at radius 3 is 1.16 bits per heavy atom. The fourth-order valence-electron chi connectivity index (χ4n) is 12.8. The highest BCUT2D eigenvalue weighted by Gasteiger charge is 2.53. The largest absolute Gasteiger partial charge is 0.468 e. The van der Waals surface area contributed by atoms with Crippen molar-refractivity contribution in [2.45, 2.75) is 113 Å². The van der Waals surface area contributed by atoms with E-state index in [0.717, 1.165) is 90.3 Å². The number of ether oxygens (including phenoxy) is 7. The summed E-state index contributed by atoms with van der Waals surface area (Å²) in [7, 11) is 16.6. The standard InChI is InChI=1S/C29H40N2O5Si.C28H38N2O5Si.C23H28N2O3.CH3I.CH4/c1-9-21-18-24(30(2)3)14-15-25(21)22-10-12-23(13-11-22)29(35-5)19-26(27(32)34-4)31(20-29)28(33)36-16-17-37(6,7)8;1-8-20-17-23(29(2)3)13-14-24(20)21-9-11-22(12-10-21)28(33)18-25(26(31)34-4)30(19-28)27(32)35-15-16-36(5,6)7;1-6-16-13-19(25(2)3)11-12-20(16)17-7-9-18(10-8-17)23(28-5)14-21(24-15-23)22(26)27-4;1-2;/h9-15,18,26H,1,16-17,19-20H2,2-8H3;8-14,17,25,33H,1,15-16,18-19H2,2-7H3;6-13,21,24H,1,14-15H2,2-5H3;1H3;1H4/t26-,29-;25-,28-;21-,23-;;/m000../s1. The lowest BCUT2D eigenvalue weighted by atomic mass is 9.89. The summed E-state index contributed by atoms with van der Waals surface area (Å²) in [6, 6.07) is 42.4. The van der Waals surface area contributed by atoms with E-state index in [0.29, 0.717) is 31.7 Å². The quantitative estimate of drug-likeness (QED) is 0.0202. The zero-order valence-corrected chi connectivity index (χ0v) is 67.9. The molecule has 9 rings (SSSR count). The van der Waals surface area contributed by atoms with Crippen LogP contribution in [0.4, 0.5) is 26.7 Å². The highest BCUT2D eigenvalue weighted by molar-refractivity contribution is 14.1. The lowest BCUT2D eigenvalue weighted by molar-refractivity contribution is -0.146. The van der Waals surface area contributed by atoms with Crippen molar-refractivity contribution < 1.29 is 62.2 Å². The van der Waals surface area contributed by atoms with Crippen molar-refractivity contribution in [3.8, 4) is 33.4 Å². The number of alkyl halides is 1. The summed E-state index contributed by atoms with van der Waals surface area (Å²) in [6.07, 6.45) is 5.32. The van der Waals surface area contributed by atoms with Gasteiger partial charge in [-0.25, -0.2) is 19.2 Å². The number of β-amino-alcohol motifs (C(OH)–C–C–N with tert-alkyl or cyclic N) is 1. The molecule has 0 spiro atoms. The number of aliphatic hydroxyl groups is 1. The minimum Gasteiger partial charge on any atom is -0.468 e. The van der Waals surface area contributed by atoms with Gasteiger partial charge in [0.15, 0.2) is 0 Å². The zero-order valence-electron chi connectivity index (χ0n) is 63.7. The SMILES string of the molecule is C.C=Cc1cc(N(C)C)ccc1-c1ccc([C@@]2(OC)CN[C@H](C(=O)OC)C2)cc1.C=Cc1cc(N(C)C)ccc1-c1ccc([C@]2(O)C[C@@H](C(=O)OC)N(C(=O)OCC[Si](C)(C)C)C2)cc1.C=Cc1cc(N(C)C)ccc1-c1ccc([C@]2(OC)C[C@@H](C(=O)OC)N(C(=O)OCC[Si](C)(C)C)C2)cc1.CI. The Bertz CT molecular complexity index is 3900. The lowest BCUT2D eigenvalue weighted by Gasteiger charge is -2.28. The van der Waals surface area contributed by atoms with Crippen LogP contribution in [-0.4, -0.2) is 195 Å². The fraction of sp³-hybridized carbons (Fsp3) is 0.427. The average Bonchev–Trinajstić information content (AvgIpc) is 1.60. The van der Waals surface area contributed by atoms with E-state index < -0.39 is 69.2 Å². The molecule has 6 atom stereocenters. The molecule has 564 valence electrons. The van der Waals surface area contributed by atoms with E-state index in [1.165, 1.54) is 31.1 Å². The Hall–Kier alpha value is -8.11. The molecule has 6 aromatic rings. The molecule has 0 aliphatic carbocycles. The van der Waals surface area contributed by atoms with Gasteiger partial charge in [-0.2, -0.15) is 0 Å². The second-order valence-corrected chi connectivity index (χ2v) is 40.3. The molecule has 22 heteroatoms. The van der Waals surface area contributed by atoms with E-state index in [2.05, 4.69) is 170 Å². The van der Waals surface area contributed by atoms with Crippen LogP contribution in [0.2, 0.25) is 51.4 Å². The van der Waals surface area contributed by atoms with Gasteiger partial charge in [0.25, 0.3) is 0 Å². The summed E-state index contributed by atoms with van der Waals surface area (Å²) >= 11 is 2.15. The summed E-state index contributed by atoms with van der Waals surface area (Å²) in [5.41, 5.74) is 12.6. The van der Waals surface area contributed by atoms with Crippen molar-refractivity contribution in [2.75, 3.05) is 130 Å². The number of rotatable bonds is 23. The molecule has 3 aliphatic heterocycles. The third kappa shape index (κ3) is 21.6. The van der Waals surface area contributed by atoms with E-state index in [-0.39, 0.29) is 45.4 Å². The van der Waals surface area contributed by atoms with Gasteiger partial charge in [0.05, 0.1) is 47.6 Å². The first kappa shape index (κ1) is 86.5. The van der Waals surface area contributed by atoms with E-state index in [9.17, 15) is 29.1 Å². The summed E-state index contributed by atoms with van der Waals surface area (Å²) in [4.78, 5) is 73.8. The molecule has 3 aliphatic rings. The summed E-state index contributed by atoms with van der Waals surface area (Å²) in [5, 5.41) is 14.8. The Balaban J connectivity index is 0.000000278. The first-order chi connectivity index (χ1) is 48.8. The normalized spacial score (nSPS) is 19.5. The van der Waals surface area contributed by atoms with Crippen LogP contribution in [-0.2, 0) is 64.3 Å². The van der Waals surface area contributed by atoms with E-state index in [1.807, 2.05) is 125 Å². The van der Waals surface area contributed by atoms with Crippen LogP contribution in [0.3, 0.4) is 0 Å².